The first-order chi connectivity index (χ1) is 15.1. The van der Waals surface area contributed by atoms with Crippen LogP contribution in [-0.4, -0.2) is 18.4 Å². The number of amides is 2. The highest BCUT2D eigenvalue weighted by molar-refractivity contribution is 6.26. The van der Waals surface area contributed by atoms with Gasteiger partial charge in [-0.1, -0.05) is 78.9 Å². The number of aryl methyl sites for hydroxylation is 1. The van der Waals surface area contributed by atoms with Gasteiger partial charge in [-0.25, -0.2) is 0 Å². The molecule has 4 nitrogen and oxygen atoms in total. The summed E-state index contributed by atoms with van der Waals surface area (Å²) in [6, 6.07) is 29.2. The van der Waals surface area contributed by atoms with Crippen molar-refractivity contribution in [3.05, 3.63) is 113 Å². The summed E-state index contributed by atoms with van der Waals surface area (Å²) in [6.45, 7) is 2.01. The van der Waals surface area contributed by atoms with Gasteiger partial charge in [-0.15, -0.1) is 0 Å². The van der Waals surface area contributed by atoms with Crippen LogP contribution in [0.25, 0.3) is 10.8 Å². The molecule has 1 atom stereocenters. The van der Waals surface area contributed by atoms with E-state index in [-0.39, 0.29) is 24.4 Å². The fraction of sp³-hybridized carbons (Fsp3) is 0.111. The first-order valence-electron chi connectivity index (χ1n) is 10.4. The van der Waals surface area contributed by atoms with Crippen molar-refractivity contribution in [2.75, 3.05) is 11.4 Å². The van der Waals surface area contributed by atoms with Gasteiger partial charge in [0.2, 0.25) is 5.91 Å². The van der Waals surface area contributed by atoms with E-state index in [1.807, 2.05) is 97.9 Å². The predicted octanol–water partition coefficient (Wildman–Crippen LogP) is 5.01. The van der Waals surface area contributed by atoms with E-state index in [9.17, 15) is 9.59 Å². The number of nitrogens with zero attached hydrogens (tertiary/aromatic N) is 1. The molecule has 0 aliphatic carbocycles. The quantitative estimate of drug-likeness (QED) is 0.506. The molecule has 1 aliphatic rings. The third kappa shape index (κ3) is 3.36. The van der Waals surface area contributed by atoms with Crippen LogP contribution >= 0.6 is 0 Å². The van der Waals surface area contributed by atoms with Gasteiger partial charge in [-0.2, -0.15) is 0 Å². The first kappa shape index (κ1) is 19.1. The zero-order valence-electron chi connectivity index (χ0n) is 17.2. The van der Waals surface area contributed by atoms with Gasteiger partial charge in [0.15, 0.2) is 0 Å². The summed E-state index contributed by atoms with van der Waals surface area (Å²) in [5, 5.41) is 5.09. The second-order valence-electron chi connectivity index (χ2n) is 7.84. The Labute approximate surface area is 181 Å². The summed E-state index contributed by atoms with van der Waals surface area (Å²) in [7, 11) is 0. The molecule has 1 heterocycles. The van der Waals surface area contributed by atoms with Crippen molar-refractivity contribution in [1.29, 1.82) is 0 Å². The molecule has 0 radical (unpaired) electrons. The molecule has 0 spiro atoms. The maximum atomic E-state index is 13.2. The fourth-order valence-corrected chi connectivity index (χ4v) is 4.38. The normalized spacial score (nSPS) is 13.5. The Hall–Kier alpha value is -3.92. The molecular weight excluding hydrogens is 384 g/mol. The number of anilines is 1. The summed E-state index contributed by atoms with van der Waals surface area (Å²) in [6.07, 6.45) is 0. The van der Waals surface area contributed by atoms with Gasteiger partial charge in [0, 0.05) is 10.9 Å². The minimum absolute atomic E-state index is 0.0260. The number of hydrogen-bond acceptors (Lipinski definition) is 2. The maximum Gasteiger partial charge on any atom is 0.259 e. The van der Waals surface area contributed by atoms with E-state index >= 15 is 0 Å². The average molecular weight is 406 g/mol. The lowest BCUT2D eigenvalue weighted by Crippen LogP contribution is -2.40. The smallest absolute Gasteiger partial charge is 0.259 e. The van der Waals surface area contributed by atoms with E-state index < -0.39 is 0 Å². The summed E-state index contributed by atoms with van der Waals surface area (Å²) in [4.78, 5) is 27.8. The zero-order chi connectivity index (χ0) is 21.4. The van der Waals surface area contributed by atoms with Crippen molar-refractivity contribution in [2.45, 2.75) is 13.0 Å². The van der Waals surface area contributed by atoms with Gasteiger partial charge in [0.05, 0.1) is 11.7 Å². The standard InChI is InChI=1S/C27H22N2O2/c1-18-9-5-6-14-21(18)26(20-10-3-2-4-11-20)28-24(30)17-29-23-16-8-13-19-12-7-15-22(25(19)23)27(29)31/h2-16,26H,17H2,1H3,(H,28,30). The van der Waals surface area contributed by atoms with Crippen LogP contribution in [0.3, 0.4) is 0 Å². The van der Waals surface area contributed by atoms with Crippen molar-refractivity contribution >= 4 is 28.3 Å². The summed E-state index contributed by atoms with van der Waals surface area (Å²) in [5.74, 6) is -0.329. The van der Waals surface area contributed by atoms with Crippen molar-refractivity contribution in [3.8, 4) is 0 Å². The number of benzene rings is 4. The molecule has 1 aliphatic heterocycles. The molecule has 0 saturated heterocycles. The Bertz CT molecular complexity index is 1290. The SMILES string of the molecule is Cc1ccccc1C(NC(=O)CN1C(=O)c2cccc3cccc1c23)c1ccccc1. The first-order valence-corrected chi connectivity index (χ1v) is 10.4. The lowest BCUT2D eigenvalue weighted by Gasteiger charge is -2.24. The highest BCUT2D eigenvalue weighted by Crippen LogP contribution is 2.37. The van der Waals surface area contributed by atoms with E-state index in [1.165, 1.54) is 0 Å². The Morgan fingerprint density at radius 1 is 0.871 bits per heavy atom. The minimum atomic E-state index is -0.286. The third-order valence-electron chi connectivity index (χ3n) is 5.89. The van der Waals surface area contributed by atoms with Crippen molar-refractivity contribution in [1.82, 2.24) is 5.32 Å². The van der Waals surface area contributed by atoms with Gasteiger partial charge >= 0.3 is 0 Å². The zero-order valence-corrected chi connectivity index (χ0v) is 17.2. The largest absolute Gasteiger partial charge is 0.344 e. The molecule has 0 fully saturated rings. The van der Waals surface area contributed by atoms with Crippen molar-refractivity contribution in [2.24, 2.45) is 0 Å². The second-order valence-corrected chi connectivity index (χ2v) is 7.84. The van der Waals surface area contributed by atoms with Crippen LogP contribution in [0.5, 0.6) is 0 Å². The lowest BCUT2D eigenvalue weighted by molar-refractivity contribution is -0.120. The highest BCUT2D eigenvalue weighted by atomic mass is 16.2. The van der Waals surface area contributed by atoms with Crippen LogP contribution in [0.15, 0.2) is 91.0 Å². The molecule has 1 unspecified atom stereocenters. The Kier molecular flexibility index (Phi) is 4.75. The molecule has 0 aromatic heterocycles. The van der Waals surface area contributed by atoms with Crippen LogP contribution in [0, 0.1) is 6.92 Å². The maximum absolute atomic E-state index is 13.2. The Morgan fingerprint density at radius 3 is 2.35 bits per heavy atom. The van der Waals surface area contributed by atoms with E-state index in [0.29, 0.717) is 5.56 Å². The summed E-state index contributed by atoms with van der Waals surface area (Å²) < 4.78 is 0. The second kappa shape index (κ2) is 7.73. The number of hydrogen-bond donors (Lipinski definition) is 1. The van der Waals surface area contributed by atoms with Gasteiger partial charge in [0.25, 0.3) is 5.91 Å². The van der Waals surface area contributed by atoms with E-state index in [1.54, 1.807) is 4.90 Å². The molecule has 2 amide bonds. The molecule has 0 saturated carbocycles. The monoisotopic (exact) mass is 406 g/mol. The Morgan fingerprint density at radius 2 is 1.58 bits per heavy atom. The molecule has 5 rings (SSSR count). The van der Waals surface area contributed by atoms with Crippen LogP contribution in [0.4, 0.5) is 5.69 Å². The Balaban J connectivity index is 1.45. The number of carbonyl (C=O) groups is 2. The van der Waals surface area contributed by atoms with E-state index in [4.69, 9.17) is 0 Å². The van der Waals surface area contributed by atoms with Gasteiger partial charge in [-0.05, 0) is 41.1 Å². The van der Waals surface area contributed by atoms with E-state index in [0.717, 1.165) is 33.2 Å². The topological polar surface area (TPSA) is 49.4 Å². The van der Waals surface area contributed by atoms with Crippen LogP contribution in [0.2, 0.25) is 0 Å². The van der Waals surface area contributed by atoms with Crippen molar-refractivity contribution in [3.63, 3.8) is 0 Å². The van der Waals surface area contributed by atoms with Crippen LogP contribution in [0.1, 0.15) is 33.1 Å². The predicted molar refractivity (Wildman–Crippen MR) is 123 cm³/mol. The fourth-order valence-electron chi connectivity index (χ4n) is 4.38. The molecule has 4 aromatic carbocycles. The van der Waals surface area contributed by atoms with Gasteiger partial charge in [-0.3, -0.25) is 14.5 Å². The lowest BCUT2D eigenvalue weighted by atomic mass is 9.95. The van der Waals surface area contributed by atoms with Crippen LogP contribution in [-0.2, 0) is 4.79 Å². The summed E-state index contributed by atoms with van der Waals surface area (Å²) in [5.41, 5.74) is 4.59. The molecule has 1 N–H and O–H groups in total. The van der Waals surface area contributed by atoms with Crippen LogP contribution < -0.4 is 10.2 Å². The van der Waals surface area contributed by atoms with Crippen molar-refractivity contribution < 1.29 is 9.59 Å². The minimum Gasteiger partial charge on any atom is -0.344 e. The van der Waals surface area contributed by atoms with Gasteiger partial charge in [0.1, 0.15) is 6.54 Å². The molecule has 152 valence electrons. The summed E-state index contributed by atoms with van der Waals surface area (Å²) >= 11 is 0. The number of nitrogens with one attached hydrogen (secondary N) is 1. The molecule has 0 bridgehead atoms. The molecule has 4 heteroatoms. The molecular formula is C27H22N2O2. The van der Waals surface area contributed by atoms with E-state index in [2.05, 4.69) is 5.32 Å². The molecule has 4 aromatic rings. The number of carbonyl (C=O) groups excluding carboxylic acids is 2. The highest BCUT2D eigenvalue weighted by Gasteiger charge is 2.31. The molecule has 31 heavy (non-hydrogen) atoms. The average Bonchev–Trinajstić information content (AvgIpc) is 3.07. The third-order valence-corrected chi connectivity index (χ3v) is 5.89. The number of rotatable bonds is 5. The van der Waals surface area contributed by atoms with Gasteiger partial charge < -0.3 is 5.32 Å².